The Morgan fingerprint density at radius 1 is 1.33 bits per heavy atom. The molecule has 1 aromatic rings. The molecular weight excluding hydrogens is 232 g/mol. The van der Waals surface area contributed by atoms with Crippen molar-refractivity contribution in [2.75, 3.05) is 0 Å². The molecule has 1 rings (SSSR count). The minimum absolute atomic E-state index is 0.0245. The Kier molecular flexibility index (Phi) is 3.57. The number of nitro groups is 1. The lowest BCUT2D eigenvalue weighted by Gasteiger charge is -2.39. The lowest BCUT2D eigenvalue weighted by molar-refractivity contribution is -0.385. The quantitative estimate of drug-likeness (QED) is 0.656. The first-order chi connectivity index (χ1) is 8.10. The molecule has 5 nitrogen and oxygen atoms in total. The fraction of sp³-hybridized carbons (Fsp3) is 0.462. The summed E-state index contributed by atoms with van der Waals surface area (Å²) < 4.78 is 0. The van der Waals surface area contributed by atoms with Crippen LogP contribution in [-0.4, -0.2) is 10.7 Å². The molecule has 0 unspecified atom stereocenters. The molecular formula is C13H18N2O3. The molecule has 0 aromatic heterocycles. The van der Waals surface area contributed by atoms with Crippen LogP contribution in [0.3, 0.4) is 0 Å². The number of nitrogens with zero attached hydrogens (tertiary/aromatic N) is 1. The summed E-state index contributed by atoms with van der Waals surface area (Å²) in [7, 11) is 0. The summed E-state index contributed by atoms with van der Waals surface area (Å²) in [6, 6.07) is 6.11. The minimum Gasteiger partial charge on any atom is -0.321 e. The average Bonchev–Trinajstić information content (AvgIpc) is 2.28. The number of ketones is 1. The standard InChI is InChI=1S/C13H18N2O3/c1-9(16)12(2,3)13(4,14)10-6-5-7-11(8-10)15(17)18/h5-8H,14H2,1-4H3/t13-/m1/s1. The number of hydrogen-bond donors (Lipinski definition) is 1. The van der Waals surface area contributed by atoms with Gasteiger partial charge in [0.1, 0.15) is 5.78 Å². The highest BCUT2D eigenvalue weighted by Crippen LogP contribution is 2.38. The van der Waals surface area contributed by atoms with Gasteiger partial charge in [-0.25, -0.2) is 0 Å². The third-order valence-corrected chi connectivity index (χ3v) is 3.84. The Morgan fingerprint density at radius 2 is 1.89 bits per heavy atom. The molecule has 0 saturated carbocycles. The highest BCUT2D eigenvalue weighted by molar-refractivity contribution is 5.83. The van der Waals surface area contributed by atoms with Gasteiger partial charge in [0.05, 0.1) is 10.5 Å². The van der Waals surface area contributed by atoms with Crippen molar-refractivity contribution in [1.29, 1.82) is 0 Å². The maximum absolute atomic E-state index is 11.7. The van der Waals surface area contributed by atoms with Crippen LogP contribution in [0.1, 0.15) is 33.3 Å². The number of benzene rings is 1. The van der Waals surface area contributed by atoms with Crippen molar-refractivity contribution in [3.63, 3.8) is 0 Å². The van der Waals surface area contributed by atoms with Crippen LogP contribution in [0.5, 0.6) is 0 Å². The molecule has 0 saturated heterocycles. The van der Waals surface area contributed by atoms with Crippen molar-refractivity contribution < 1.29 is 9.72 Å². The molecule has 98 valence electrons. The molecule has 0 fully saturated rings. The smallest absolute Gasteiger partial charge is 0.269 e. The monoisotopic (exact) mass is 250 g/mol. The molecule has 18 heavy (non-hydrogen) atoms. The predicted octanol–water partition coefficient (Wildman–Crippen LogP) is 2.38. The molecule has 0 aliphatic carbocycles. The van der Waals surface area contributed by atoms with Crippen molar-refractivity contribution in [2.24, 2.45) is 11.1 Å². The number of carbonyl (C=O) groups is 1. The van der Waals surface area contributed by atoms with Crippen molar-refractivity contribution in [2.45, 2.75) is 33.2 Å². The largest absolute Gasteiger partial charge is 0.321 e. The van der Waals surface area contributed by atoms with Gasteiger partial charge in [0.2, 0.25) is 0 Å². The summed E-state index contributed by atoms with van der Waals surface area (Å²) >= 11 is 0. The van der Waals surface area contributed by atoms with Gasteiger partial charge in [0, 0.05) is 17.5 Å². The average molecular weight is 250 g/mol. The Hall–Kier alpha value is -1.75. The molecule has 1 atom stereocenters. The summed E-state index contributed by atoms with van der Waals surface area (Å²) in [5, 5.41) is 10.8. The van der Waals surface area contributed by atoms with E-state index in [1.165, 1.54) is 19.1 Å². The van der Waals surface area contributed by atoms with Gasteiger partial charge in [-0.15, -0.1) is 0 Å². The molecule has 5 heteroatoms. The number of rotatable bonds is 4. The second kappa shape index (κ2) is 4.49. The SMILES string of the molecule is CC(=O)C(C)(C)[C@](C)(N)c1cccc([N+](=O)[O-])c1. The van der Waals surface area contributed by atoms with Crippen LogP contribution in [0.4, 0.5) is 5.69 Å². The van der Waals surface area contributed by atoms with E-state index < -0.39 is 15.9 Å². The first-order valence-corrected chi connectivity index (χ1v) is 5.65. The van der Waals surface area contributed by atoms with E-state index in [2.05, 4.69) is 0 Å². The van der Waals surface area contributed by atoms with Gasteiger partial charge in [-0.1, -0.05) is 26.0 Å². The molecule has 0 radical (unpaired) electrons. The fourth-order valence-electron chi connectivity index (χ4n) is 1.67. The van der Waals surface area contributed by atoms with Crippen molar-refractivity contribution in [1.82, 2.24) is 0 Å². The zero-order valence-corrected chi connectivity index (χ0v) is 11.1. The maximum Gasteiger partial charge on any atom is 0.269 e. The third kappa shape index (κ3) is 2.26. The lowest BCUT2D eigenvalue weighted by atomic mass is 9.68. The maximum atomic E-state index is 11.7. The summed E-state index contributed by atoms with van der Waals surface area (Å²) in [5.74, 6) is -0.0565. The molecule has 0 aliphatic heterocycles. The van der Waals surface area contributed by atoms with Gasteiger partial charge in [-0.05, 0) is 19.4 Å². The first kappa shape index (κ1) is 14.3. The third-order valence-electron chi connectivity index (χ3n) is 3.84. The van der Waals surface area contributed by atoms with E-state index in [0.717, 1.165) is 0 Å². The molecule has 0 bridgehead atoms. The van der Waals surface area contributed by atoms with Crippen molar-refractivity contribution in [3.8, 4) is 0 Å². The zero-order valence-electron chi connectivity index (χ0n) is 11.1. The number of Topliss-reactive ketones (excluding diaryl/α,β-unsaturated/α-hetero) is 1. The van der Waals surface area contributed by atoms with E-state index in [-0.39, 0.29) is 11.5 Å². The Morgan fingerprint density at radius 3 is 2.33 bits per heavy atom. The molecule has 0 spiro atoms. The van der Waals surface area contributed by atoms with E-state index in [4.69, 9.17) is 5.73 Å². The van der Waals surface area contributed by atoms with Crippen LogP contribution >= 0.6 is 0 Å². The van der Waals surface area contributed by atoms with Crippen molar-refractivity contribution in [3.05, 3.63) is 39.9 Å². The number of hydrogen-bond acceptors (Lipinski definition) is 4. The summed E-state index contributed by atoms with van der Waals surface area (Å²) in [4.78, 5) is 22.0. The van der Waals surface area contributed by atoms with Gasteiger partial charge in [-0.2, -0.15) is 0 Å². The number of carbonyl (C=O) groups excluding carboxylic acids is 1. The fourth-order valence-corrected chi connectivity index (χ4v) is 1.67. The van der Waals surface area contributed by atoms with Gasteiger partial charge in [0.25, 0.3) is 5.69 Å². The van der Waals surface area contributed by atoms with E-state index in [1.54, 1.807) is 32.9 Å². The number of nitro benzene ring substituents is 1. The van der Waals surface area contributed by atoms with Gasteiger partial charge in [0.15, 0.2) is 0 Å². The van der Waals surface area contributed by atoms with E-state index in [0.29, 0.717) is 5.56 Å². The summed E-state index contributed by atoms with van der Waals surface area (Å²) in [5.41, 5.74) is 5.03. The normalized spacial score (nSPS) is 14.9. The topological polar surface area (TPSA) is 86.2 Å². The predicted molar refractivity (Wildman–Crippen MR) is 69.1 cm³/mol. The van der Waals surface area contributed by atoms with Crippen LogP contribution < -0.4 is 5.73 Å². The zero-order chi connectivity index (χ0) is 14.1. The molecule has 2 N–H and O–H groups in total. The van der Waals surface area contributed by atoms with E-state index in [1.807, 2.05) is 0 Å². The molecule has 0 aliphatic rings. The van der Waals surface area contributed by atoms with Crippen LogP contribution in [-0.2, 0) is 10.3 Å². The van der Waals surface area contributed by atoms with Crippen LogP contribution in [0, 0.1) is 15.5 Å². The Bertz CT molecular complexity index is 493. The van der Waals surface area contributed by atoms with Gasteiger partial charge in [-0.3, -0.25) is 14.9 Å². The molecule has 1 aromatic carbocycles. The second-order valence-corrected chi connectivity index (χ2v) is 5.19. The summed E-state index contributed by atoms with van der Waals surface area (Å²) in [6.45, 7) is 6.68. The van der Waals surface area contributed by atoms with Crippen LogP contribution in [0.15, 0.2) is 24.3 Å². The molecule has 0 amide bonds. The van der Waals surface area contributed by atoms with E-state index >= 15 is 0 Å². The van der Waals surface area contributed by atoms with Crippen LogP contribution in [0.25, 0.3) is 0 Å². The highest BCUT2D eigenvalue weighted by Gasteiger charge is 2.43. The first-order valence-electron chi connectivity index (χ1n) is 5.65. The van der Waals surface area contributed by atoms with Gasteiger partial charge < -0.3 is 5.73 Å². The van der Waals surface area contributed by atoms with Gasteiger partial charge >= 0.3 is 0 Å². The Balaban J connectivity index is 3.32. The Labute approximate surface area is 106 Å². The van der Waals surface area contributed by atoms with Crippen LogP contribution in [0.2, 0.25) is 0 Å². The number of nitrogens with two attached hydrogens (primary N) is 1. The molecule has 0 heterocycles. The lowest BCUT2D eigenvalue weighted by Crippen LogP contribution is -2.50. The van der Waals surface area contributed by atoms with E-state index in [9.17, 15) is 14.9 Å². The number of non-ortho nitro benzene ring substituents is 1. The van der Waals surface area contributed by atoms with Crippen molar-refractivity contribution >= 4 is 11.5 Å². The highest BCUT2D eigenvalue weighted by atomic mass is 16.6. The minimum atomic E-state index is -0.967. The second-order valence-electron chi connectivity index (χ2n) is 5.19. The summed E-state index contributed by atoms with van der Waals surface area (Å²) in [6.07, 6.45) is 0.